The summed E-state index contributed by atoms with van der Waals surface area (Å²) >= 11 is 33.2. The van der Waals surface area contributed by atoms with Crippen LogP contribution in [0.15, 0.2) is 0 Å². The Hall–Kier alpha value is 0.1000. The molecule has 29 heavy (non-hydrogen) atoms. The van der Waals surface area contributed by atoms with Crippen LogP contribution in [-0.2, 0) is 27.9 Å². The number of hydrogen-bond acceptors (Lipinski definition) is 8. The summed E-state index contributed by atoms with van der Waals surface area (Å²) in [5, 5.41) is 0.632. The molecule has 1 heterocycles. The second kappa shape index (κ2) is 10.6. The Bertz CT molecular complexity index is 676. The lowest BCUT2D eigenvalue weighted by Gasteiger charge is -2.42. The maximum atomic E-state index is 12.9. The molecule has 168 valence electrons. The van der Waals surface area contributed by atoms with Crippen molar-refractivity contribution in [2.75, 3.05) is 27.4 Å². The Morgan fingerprint density at radius 1 is 1.00 bits per heavy atom. The van der Waals surface area contributed by atoms with E-state index in [1.807, 2.05) is 0 Å². The van der Waals surface area contributed by atoms with E-state index in [1.54, 1.807) is 0 Å². The highest BCUT2D eigenvalue weighted by atomic mass is 35.6. The van der Waals surface area contributed by atoms with Crippen molar-refractivity contribution in [1.29, 1.82) is 0 Å². The molecule has 1 aliphatic heterocycles. The number of imide groups is 1. The highest BCUT2D eigenvalue weighted by Crippen LogP contribution is 2.56. The van der Waals surface area contributed by atoms with Gasteiger partial charge in [-0.2, -0.15) is 5.01 Å². The second-order valence-corrected chi connectivity index (χ2v) is 12.8. The topological polar surface area (TPSA) is 112 Å². The molecule has 1 atom stereocenters. The maximum absolute atomic E-state index is 12.9. The van der Waals surface area contributed by atoms with E-state index in [9.17, 15) is 18.9 Å². The summed E-state index contributed by atoms with van der Waals surface area (Å²) in [6, 6.07) is 0. The number of carbonyl (C=O) groups excluding carboxylic acids is 3. The molecular weight excluding hydrogens is 544 g/mol. The Labute approximate surface area is 195 Å². The number of ether oxygens (including phenoxy) is 2. The summed E-state index contributed by atoms with van der Waals surface area (Å²) in [6.07, 6.45) is -3.29. The number of hydrazine groups is 1. The van der Waals surface area contributed by atoms with Gasteiger partial charge in [-0.05, 0) is 6.42 Å². The van der Waals surface area contributed by atoms with Gasteiger partial charge < -0.3 is 18.5 Å². The van der Waals surface area contributed by atoms with Gasteiger partial charge in [0, 0.05) is 20.6 Å². The standard InChI is InChI=1S/C12H15Cl6N2O8P/c1-25-29(24,26-2)8-4-3-7(21)19(9(22)27-5-11(13,14)15)20(8)10(23)28-6-12(16,17)18/h8H,3-6H2,1-2H3. The van der Waals surface area contributed by atoms with Crippen LogP contribution < -0.4 is 0 Å². The van der Waals surface area contributed by atoms with Crippen LogP contribution in [0.25, 0.3) is 0 Å². The molecule has 1 unspecified atom stereocenters. The second-order valence-electron chi connectivity index (χ2n) is 5.31. The minimum atomic E-state index is -4.04. The van der Waals surface area contributed by atoms with Crippen LogP contribution in [-0.4, -0.2) is 68.9 Å². The first-order chi connectivity index (χ1) is 13.1. The van der Waals surface area contributed by atoms with Gasteiger partial charge in [0.1, 0.15) is 13.2 Å². The lowest BCUT2D eigenvalue weighted by atomic mass is 10.2. The number of hydrogen-bond donors (Lipinski definition) is 0. The molecule has 17 heteroatoms. The van der Waals surface area contributed by atoms with E-state index < -0.39 is 52.3 Å². The van der Waals surface area contributed by atoms with Crippen molar-refractivity contribution in [2.45, 2.75) is 26.2 Å². The first-order valence-corrected chi connectivity index (χ1v) is 11.3. The van der Waals surface area contributed by atoms with Gasteiger partial charge in [0.2, 0.25) is 7.59 Å². The van der Waals surface area contributed by atoms with Crippen LogP contribution in [0.3, 0.4) is 0 Å². The largest absolute Gasteiger partial charge is 0.444 e. The Morgan fingerprint density at radius 3 is 1.86 bits per heavy atom. The molecule has 1 aliphatic rings. The zero-order chi connectivity index (χ0) is 22.6. The average Bonchev–Trinajstić information content (AvgIpc) is 2.61. The molecule has 1 rings (SSSR count). The number of halogens is 6. The van der Waals surface area contributed by atoms with Gasteiger partial charge in [-0.1, -0.05) is 69.6 Å². The summed E-state index contributed by atoms with van der Waals surface area (Å²) in [5.41, 5.74) is 0. The van der Waals surface area contributed by atoms with Crippen LogP contribution >= 0.6 is 77.2 Å². The van der Waals surface area contributed by atoms with Gasteiger partial charge in [0.05, 0.1) is 0 Å². The van der Waals surface area contributed by atoms with Crippen molar-refractivity contribution in [3.8, 4) is 0 Å². The number of alkyl halides is 6. The molecule has 10 nitrogen and oxygen atoms in total. The van der Waals surface area contributed by atoms with E-state index in [2.05, 4.69) is 0 Å². The van der Waals surface area contributed by atoms with Crippen LogP contribution in [0.4, 0.5) is 9.59 Å². The molecule has 0 aliphatic carbocycles. The van der Waals surface area contributed by atoms with Gasteiger partial charge >= 0.3 is 19.8 Å². The fourth-order valence-corrected chi connectivity index (χ4v) is 4.03. The summed E-state index contributed by atoms with van der Waals surface area (Å²) in [7, 11) is -1.93. The van der Waals surface area contributed by atoms with Crippen LogP contribution in [0.1, 0.15) is 12.8 Å². The van der Waals surface area contributed by atoms with Crippen molar-refractivity contribution in [2.24, 2.45) is 0 Å². The van der Waals surface area contributed by atoms with Crippen molar-refractivity contribution in [1.82, 2.24) is 10.0 Å². The number of nitrogens with zero attached hydrogens (tertiary/aromatic N) is 2. The first kappa shape index (κ1) is 27.1. The minimum Gasteiger partial charge on any atom is -0.444 e. The van der Waals surface area contributed by atoms with E-state index in [0.29, 0.717) is 5.01 Å². The fraction of sp³-hybridized carbons (Fsp3) is 0.750. The molecule has 0 radical (unpaired) electrons. The van der Waals surface area contributed by atoms with Crippen molar-refractivity contribution in [3.05, 3.63) is 0 Å². The lowest BCUT2D eigenvalue weighted by Crippen LogP contribution is -2.60. The molecule has 1 fully saturated rings. The normalized spacial score (nSPS) is 18.6. The molecule has 0 aromatic rings. The minimum absolute atomic E-state index is 0.200. The third-order valence-corrected chi connectivity index (χ3v) is 6.18. The maximum Gasteiger partial charge on any atom is 0.436 e. The van der Waals surface area contributed by atoms with Crippen LogP contribution in [0, 0.1) is 0 Å². The zero-order valence-corrected chi connectivity index (χ0v) is 20.2. The monoisotopic (exact) mass is 556 g/mol. The highest BCUT2D eigenvalue weighted by molar-refractivity contribution is 7.54. The summed E-state index contributed by atoms with van der Waals surface area (Å²) < 4.78 is 28.2. The Morgan fingerprint density at radius 2 is 1.45 bits per heavy atom. The Balaban J connectivity index is 3.28. The number of carbonyl (C=O) groups is 3. The van der Waals surface area contributed by atoms with Crippen LogP contribution in [0.5, 0.6) is 0 Å². The van der Waals surface area contributed by atoms with Crippen molar-refractivity contribution in [3.63, 3.8) is 0 Å². The average molecular weight is 559 g/mol. The number of rotatable bonds is 5. The molecule has 0 aromatic heterocycles. The van der Waals surface area contributed by atoms with E-state index in [1.165, 1.54) is 0 Å². The molecule has 0 spiro atoms. The predicted octanol–water partition coefficient (Wildman–Crippen LogP) is 4.65. The smallest absolute Gasteiger partial charge is 0.436 e. The third-order valence-electron chi connectivity index (χ3n) is 3.30. The SMILES string of the molecule is COP(=O)(OC)C1CCC(=O)N(C(=O)OCC(Cl)(Cl)Cl)N1C(=O)OCC(Cl)(Cl)Cl. The molecule has 1 saturated heterocycles. The predicted molar refractivity (Wildman–Crippen MR) is 107 cm³/mol. The molecule has 0 saturated carbocycles. The lowest BCUT2D eigenvalue weighted by molar-refractivity contribution is -0.149. The van der Waals surface area contributed by atoms with E-state index in [0.717, 1.165) is 14.2 Å². The molecule has 3 amide bonds. The summed E-state index contributed by atoms with van der Waals surface area (Å²) in [4.78, 5) is 37.4. The fourth-order valence-electron chi connectivity index (χ4n) is 2.15. The molecule has 0 bridgehead atoms. The van der Waals surface area contributed by atoms with Gasteiger partial charge in [0.25, 0.3) is 5.91 Å². The quantitative estimate of drug-likeness (QED) is 0.354. The van der Waals surface area contributed by atoms with Crippen molar-refractivity contribution < 1.29 is 37.5 Å². The molecule has 0 N–H and O–H groups in total. The van der Waals surface area contributed by atoms with Gasteiger partial charge in [0.15, 0.2) is 5.78 Å². The highest BCUT2D eigenvalue weighted by Gasteiger charge is 2.52. The summed E-state index contributed by atoms with van der Waals surface area (Å²) in [5.74, 6) is -2.35. The third kappa shape index (κ3) is 7.94. The zero-order valence-electron chi connectivity index (χ0n) is 14.8. The Kier molecular flexibility index (Phi) is 9.93. The first-order valence-electron chi connectivity index (χ1n) is 7.45. The number of amides is 3. The van der Waals surface area contributed by atoms with Crippen LogP contribution in [0.2, 0.25) is 0 Å². The van der Waals surface area contributed by atoms with E-state index in [-0.39, 0.29) is 17.9 Å². The van der Waals surface area contributed by atoms with E-state index >= 15 is 0 Å². The van der Waals surface area contributed by atoms with E-state index in [4.69, 9.17) is 88.1 Å². The van der Waals surface area contributed by atoms with Gasteiger partial charge in [-0.15, -0.1) is 5.01 Å². The van der Waals surface area contributed by atoms with Gasteiger partial charge in [-0.3, -0.25) is 9.36 Å². The molecular formula is C12H15Cl6N2O8P. The summed E-state index contributed by atoms with van der Waals surface area (Å²) in [6.45, 7) is -1.51. The van der Waals surface area contributed by atoms with Gasteiger partial charge in [-0.25, -0.2) is 9.59 Å². The van der Waals surface area contributed by atoms with Crippen molar-refractivity contribution >= 4 is 95.3 Å². The molecule has 0 aromatic carbocycles.